The largest absolute Gasteiger partial charge is 0.442 e. The van der Waals surface area contributed by atoms with Crippen LogP contribution >= 0.6 is 0 Å². The second-order valence-corrected chi connectivity index (χ2v) is 13.8. The molecule has 1 aromatic heterocycles. The van der Waals surface area contributed by atoms with Gasteiger partial charge in [-0.3, -0.25) is 14.4 Å². The van der Waals surface area contributed by atoms with Gasteiger partial charge in [0.2, 0.25) is 0 Å². The molecule has 53 heavy (non-hydrogen) atoms. The van der Waals surface area contributed by atoms with Crippen molar-refractivity contribution in [3.05, 3.63) is 113 Å². The maximum absolute atomic E-state index is 14.7. The summed E-state index contributed by atoms with van der Waals surface area (Å²) >= 11 is 0. The van der Waals surface area contributed by atoms with E-state index >= 15 is 0 Å². The maximum Gasteiger partial charge on any atom is 0.322 e. The summed E-state index contributed by atoms with van der Waals surface area (Å²) in [5.41, 5.74) is 4.10. The van der Waals surface area contributed by atoms with E-state index in [0.29, 0.717) is 60.3 Å². The van der Waals surface area contributed by atoms with E-state index in [1.165, 1.54) is 0 Å². The first-order chi connectivity index (χ1) is 25.8. The zero-order valence-electron chi connectivity index (χ0n) is 30.4. The van der Waals surface area contributed by atoms with Crippen molar-refractivity contribution in [1.29, 1.82) is 0 Å². The molecule has 2 aliphatic rings. The molecule has 0 bridgehead atoms. The van der Waals surface area contributed by atoms with E-state index in [1.54, 1.807) is 33.8 Å². The van der Waals surface area contributed by atoms with Gasteiger partial charge < -0.3 is 29.7 Å². The number of aryl methyl sites for hydroxylation is 1. The van der Waals surface area contributed by atoms with Crippen LogP contribution in [0, 0.1) is 6.92 Å². The van der Waals surface area contributed by atoms with Gasteiger partial charge in [0.05, 0.1) is 23.9 Å². The average molecular weight is 716 g/mol. The molecule has 0 unspecified atom stereocenters. The number of amides is 3. The van der Waals surface area contributed by atoms with E-state index in [-0.39, 0.29) is 24.0 Å². The summed E-state index contributed by atoms with van der Waals surface area (Å²) in [6.45, 7) is 7.43. The zero-order valence-corrected chi connectivity index (χ0v) is 30.4. The number of unbranched alkanes of at least 4 members (excludes halogenated alkanes) is 2. The van der Waals surface area contributed by atoms with E-state index in [2.05, 4.69) is 19.2 Å². The fraction of sp³-hybridized carbons (Fsp3) is 0.333. The highest BCUT2D eigenvalue weighted by Gasteiger charge is 2.34. The highest BCUT2D eigenvalue weighted by atomic mass is 16.7. The second-order valence-electron chi connectivity index (χ2n) is 13.8. The molecule has 0 aliphatic carbocycles. The summed E-state index contributed by atoms with van der Waals surface area (Å²) in [5.74, 6) is -0.0915. The predicted molar refractivity (Wildman–Crippen MR) is 203 cm³/mol. The molecule has 4 aromatic carbocycles. The van der Waals surface area contributed by atoms with Crippen molar-refractivity contribution >= 4 is 34.2 Å². The van der Waals surface area contributed by atoms with Crippen LogP contribution < -0.4 is 14.8 Å². The number of hydrogen-bond donors (Lipinski definition) is 2. The van der Waals surface area contributed by atoms with E-state index in [4.69, 9.17) is 14.6 Å². The van der Waals surface area contributed by atoms with Gasteiger partial charge in [-0.15, -0.1) is 0 Å². The van der Waals surface area contributed by atoms with Crippen molar-refractivity contribution in [2.24, 2.45) is 0 Å². The van der Waals surface area contributed by atoms with Crippen LogP contribution in [0.1, 0.15) is 77.2 Å². The van der Waals surface area contributed by atoms with E-state index in [9.17, 15) is 19.5 Å². The van der Waals surface area contributed by atoms with Gasteiger partial charge in [0, 0.05) is 31.0 Å². The second kappa shape index (κ2) is 15.5. The lowest BCUT2D eigenvalue weighted by Gasteiger charge is -2.36. The Kier molecular flexibility index (Phi) is 10.5. The molecule has 7 rings (SSSR count). The molecule has 274 valence electrons. The molecular formula is C42H45N5O6. The first-order valence-corrected chi connectivity index (χ1v) is 18.4. The zero-order chi connectivity index (χ0) is 37.1. The lowest BCUT2D eigenvalue weighted by atomic mass is 9.93. The molecule has 1 atom stereocenters. The van der Waals surface area contributed by atoms with Crippen molar-refractivity contribution in [3.63, 3.8) is 0 Å². The molecule has 0 fully saturated rings. The van der Waals surface area contributed by atoms with Crippen molar-refractivity contribution < 1.29 is 29.0 Å². The van der Waals surface area contributed by atoms with Gasteiger partial charge in [0.25, 0.3) is 11.8 Å². The van der Waals surface area contributed by atoms with Crippen LogP contribution in [-0.4, -0.2) is 74.4 Å². The molecule has 0 saturated heterocycles. The summed E-state index contributed by atoms with van der Waals surface area (Å²) in [5, 5.41) is 20.0. The first kappa shape index (κ1) is 35.7. The molecule has 2 aliphatic heterocycles. The number of benzene rings is 4. The van der Waals surface area contributed by atoms with Crippen LogP contribution in [0.5, 0.6) is 11.5 Å². The summed E-state index contributed by atoms with van der Waals surface area (Å²) in [6.07, 6.45) is 2.99. The van der Waals surface area contributed by atoms with Crippen LogP contribution in [0.3, 0.4) is 0 Å². The molecule has 3 amide bonds. The molecule has 11 heteroatoms. The minimum atomic E-state index is -1.23. The molecular weight excluding hydrogens is 670 g/mol. The smallest absolute Gasteiger partial charge is 0.322 e. The number of fused-ring (bicyclic) bond motifs is 3. The number of aromatic nitrogens is 2. The Hall–Kier alpha value is -5.68. The number of anilines is 1. The topological polar surface area (TPSA) is 126 Å². The summed E-state index contributed by atoms with van der Waals surface area (Å²) < 4.78 is 13.4. The van der Waals surface area contributed by atoms with Gasteiger partial charge in [-0.05, 0) is 84.5 Å². The fourth-order valence-electron chi connectivity index (χ4n) is 7.06. The van der Waals surface area contributed by atoms with Crippen molar-refractivity contribution in [2.75, 3.05) is 25.0 Å². The normalized spacial score (nSPS) is 15.0. The number of carbonyl (C=O) groups excluding carboxylic acids is 3. The van der Waals surface area contributed by atoms with Gasteiger partial charge >= 0.3 is 12.2 Å². The molecule has 0 spiro atoms. The molecule has 2 N–H and O–H groups in total. The maximum atomic E-state index is 14.7. The predicted octanol–water partition coefficient (Wildman–Crippen LogP) is 6.67. The number of rotatable bonds is 12. The molecule has 3 heterocycles. The van der Waals surface area contributed by atoms with E-state index in [1.807, 2.05) is 72.5 Å². The first-order valence-electron chi connectivity index (χ1n) is 18.4. The van der Waals surface area contributed by atoms with Gasteiger partial charge in [-0.25, -0.2) is 4.68 Å². The van der Waals surface area contributed by atoms with Crippen LogP contribution in [-0.2, 0) is 17.8 Å². The molecule has 5 aromatic rings. The summed E-state index contributed by atoms with van der Waals surface area (Å²) in [7, 11) is 0. The Bertz CT molecular complexity index is 2110. The standard InChI is InChI=1S/C42H45N5O6/c1-4-6-18-45(19-7-5-2)41(51)35-20-27(3)47(44-35)36-17-16-32(24-34(36)40(50)46-25-31-15-11-10-12-28(31)21-33(46)26-48)43-39(49)42-52-37-22-29-13-8-9-14-30(29)23-38(37)53-42/h8-17,20,22-24,33,42,48H,4-7,18-19,21,25-26H2,1-3H3,(H,43,49)/t33-/m0/s1. The number of nitrogens with zero attached hydrogens (tertiary/aromatic N) is 4. The number of hydrogen-bond acceptors (Lipinski definition) is 7. The van der Waals surface area contributed by atoms with Crippen LogP contribution in [0.4, 0.5) is 5.69 Å². The van der Waals surface area contributed by atoms with Gasteiger partial charge in [-0.2, -0.15) is 5.10 Å². The number of nitrogens with one attached hydrogen (secondary N) is 1. The minimum absolute atomic E-state index is 0.149. The summed E-state index contributed by atoms with van der Waals surface area (Å²) in [6, 6.07) is 25.7. The van der Waals surface area contributed by atoms with E-state index in [0.717, 1.165) is 47.6 Å². The highest BCUT2D eigenvalue weighted by molar-refractivity contribution is 6.01. The number of carbonyl (C=O) groups is 3. The van der Waals surface area contributed by atoms with Crippen molar-refractivity contribution in [3.8, 4) is 17.2 Å². The third kappa shape index (κ3) is 7.34. The highest BCUT2D eigenvalue weighted by Crippen LogP contribution is 2.38. The Morgan fingerprint density at radius 3 is 2.15 bits per heavy atom. The van der Waals surface area contributed by atoms with Crippen LogP contribution in [0.2, 0.25) is 0 Å². The minimum Gasteiger partial charge on any atom is -0.442 e. The Labute approximate surface area is 309 Å². The summed E-state index contributed by atoms with van der Waals surface area (Å²) in [4.78, 5) is 45.5. The van der Waals surface area contributed by atoms with Gasteiger partial charge in [0.1, 0.15) is 0 Å². The quantitative estimate of drug-likeness (QED) is 0.148. The third-order valence-electron chi connectivity index (χ3n) is 10.0. The van der Waals surface area contributed by atoms with Gasteiger partial charge in [-0.1, -0.05) is 75.2 Å². The number of ether oxygens (including phenoxy) is 2. The van der Waals surface area contributed by atoms with Crippen LogP contribution in [0.15, 0.2) is 84.9 Å². The van der Waals surface area contributed by atoms with E-state index < -0.39 is 18.2 Å². The molecule has 11 nitrogen and oxygen atoms in total. The molecule has 0 saturated carbocycles. The van der Waals surface area contributed by atoms with Crippen LogP contribution in [0.25, 0.3) is 16.5 Å². The van der Waals surface area contributed by atoms with Crippen molar-refractivity contribution in [2.45, 2.75) is 71.8 Å². The SMILES string of the molecule is CCCCN(CCCC)C(=O)c1cc(C)n(-c2ccc(NC(=O)C3Oc4cc5ccccc5cc4O3)cc2C(=O)N2Cc3ccccc3C[C@H]2CO)n1. The lowest BCUT2D eigenvalue weighted by Crippen LogP contribution is -2.46. The lowest BCUT2D eigenvalue weighted by molar-refractivity contribution is -0.131. The van der Waals surface area contributed by atoms with Gasteiger partial charge in [0.15, 0.2) is 17.2 Å². The van der Waals surface area contributed by atoms with Crippen molar-refractivity contribution in [1.82, 2.24) is 19.6 Å². The number of aliphatic hydroxyl groups excluding tert-OH is 1. The average Bonchev–Trinajstić information content (AvgIpc) is 3.79. The fourth-order valence-corrected chi connectivity index (χ4v) is 7.06. The Morgan fingerprint density at radius 1 is 0.868 bits per heavy atom. The third-order valence-corrected chi connectivity index (χ3v) is 10.0. The Balaban J connectivity index is 1.21. The monoisotopic (exact) mass is 715 g/mol. The Morgan fingerprint density at radius 2 is 1.51 bits per heavy atom. The molecule has 0 radical (unpaired) electrons. The number of aliphatic hydroxyl groups is 1.